The first-order chi connectivity index (χ1) is 6.91. The van der Waals surface area contributed by atoms with Gasteiger partial charge in [0.25, 0.3) is 0 Å². The van der Waals surface area contributed by atoms with Gasteiger partial charge in [-0.15, -0.1) is 0 Å². The van der Waals surface area contributed by atoms with E-state index in [0.29, 0.717) is 6.42 Å². The first kappa shape index (κ1) is 13.2. The molecule has 0 aliphatic carbocycles. The molecule has 0 aromatic rings. The zero-order valence-corrected chi connectivity index (χ0v) is 8.69. The highest BCUT2D eigenvalue weighted by atomic mass is 16.5. The van der Waals surface area contributed by atoms with Gasteiger partial charge in [-0.1, -0.05) is 0 Å². The number of esters is 1. The maximum absolute atomic E-state index is 10.2. The van der Waals surface area contributed by atoms with E-state index in [-0.39, 0.29) is 18.1 Å². The van der Waals surface area contributed by atoms with Gasteiger partial charge in [0.15, 0.2) is 0 Å². The molecule has 0 aromatic heterocycles. The van der Waals surface area contributed by atoms with E-state index >= 15 is 0 Å². The van der Waals surface area contributed by atoms with Crippen LogP contribution in [0.3, 0.4) is 0 Å². The molecule has 0 fully saturated rings. The number of allylic oxidation sites excluding steroid dienone is 2. The molecule has 1 aliphatic heterocycles. The number of ether oxygens (including phenoxy) is 1. The number of carbonyl (C=O) groups excluding carboxylic acids is 1. The smallest absolute Gasteiger partial charge is 0.314 e. The molecule has 15 heavy (non-hydrogen) atoms. The van der Waals surface area contributed by atoms with E-state index in [0.717, 1.165) is 5.76 Å². The molecule has 1 heterocycles. The van der Waals surface area contributed by atoms with Gasteiger partial charge >= 0.3 is 11.9 Å². The normalized spacial score (nSPS) is 14.9. The van der Waals surface area contributed by atoms with Crippen LogP contribution in [0.2, 0.25) is 0 Å². The molecule has 0 amide bonds. The first-order valence-corrected chi connectivity index (χ1v) is 4.36. The predicted molar refractivity (Wildman–Crippen MR) is 53.1 cm³/mol. The number of carboxylic acid groups (broad SMARTS) is 1. The van der Waals surface area contributed by atoms with Crippen molar-refractivity contribution in [3.05, 3.63) is 23.7 Å². The molecule has 5 nitrogen and oxygen atoms in total. The third-order valence-electron chi connectivity index (χ3n) is 1.40. The third kappa shape index (κ3) is 8.55. The number of rotatable bonds is 2. The molecule has 0 bridgehead atoms. The van der Waals surface area contributed by atoms with Gasteiger partial charge in [0.05, 0.1) is 18.6 Å². The van der Waals surface area contributed by atoms with Crippen LogP contribution in [0.5, 0.6) is 0 Å². The highest BCUT2D eigenvalue weighted by Gasteiger charge is 2.08. The van der Waals surface area contributed by atoms with Crippen LogP contribution in [0, 0.1) is 0 Å². The maximum atomic E-state index is 10.2. The summed E-state index contributed by atoms with van der Waals surface area (Å²) in [6, 6.07) is 0. The Bertz CT molecular complexity index is 297. The quantitative estimate of drug-likeness (QED) is 0.540. The van der Waals surface area contributed by atoms with E-state index in [1.54, 1.807) is 13.0 Å². The minimum atomic E-state index is -0.932. The Labute approximate surface area is 87.7 Å². The summed E-state index contributed by atoms with van der Waals surface area (Å²) in [5, 5.41) is 16.4. The van der Waals surface area contributed by atoms with E-state index in [9.17, 15) is 9.59 Å². The summed E-state index contributed by atoms with van der Waals surface area (Å²) < 4.78 is 4.58. The van der Waals surface area contributed by atoms with Gasteiger partial charge in [0.1, 0.15) is 5.76 Å². The standard InChI is InChI=1S/C5H8O3.C5H6O2/c1-4(6)2-3-5(7)8;1-4-2-3-5(6)7-4/h2,6H,3H2,1H3,(H,7,8);2H,3H2,1H3. The van der Waals surface area contributed by atoms with Crippen LogP contribution in [-0.2, 0) is 14.3 Å². The van der Waals surface area contributed by atoms with E-state index in [2.05, 4.69) is 4.74 Å². The third-order valence-corrected chi connectivity index (χ3v) is 1.40. The van der Waals surface area contributed by atoms with Crippen molar-refractivity contribution in [2.75, 3.05) is 0 Å². The van der Waals surface area contributed by atoms with Crippen LogP contribution in [-0.4, -0.2) is 22.2 Å². The van der Waals surface area contributed by atoms with Crippen LogP contribution >= 0.6 is 0 Å². The molecule has 1 aliphatic rings. The second-order valence-electron chi connectivity index (χ2n) is 2.94. The fourth-order valence-electron chi connectivity index (χ4n) is 0.725. The molecule has 0 radical (unpaired) electrons. The monoisotopic (exact) mass is 214 g/mol. The average molecular weight is 214 g/mol. The van der Waals surface area contributed by atoms with E-state index in [1.807, 2.05) is 0 Å². The summed E-state index contributed by atoms with van der Waals surface area (Å²) in [7, 11) is 0. The minimum absolute atomic E-state index is 0.0485. The zero-order chi connectivity index (χ0) is 11.8. The molecule has 0 spiro atoms. The SMILES string of the molecule is CC(O)=CCC(=O)O.CC1=CCC(=O)O1. The van der Waals surface area contributed by atoms with Crippen LogP contribution in [0.15, 0.2) is 23.7 Å². The topological polar surface area (TPSA) is 83.8 Å². The number of cyclic esters (lactones) is 1. The molecule has 0 aromatic carbocycles. The van der Waals surface area contributed by atoms with Crippen molar-refractivity contribution in [2.45, 2.75) is 26.7 Å². The lowest BCUT2D eigenvalue weighted by molar-refractivity contribution is -0.137. The number of aliphatic hydroxyl groups is 1. The number of aliphatic hydroxyl groups excluding tert-OH is 1. The Balaban J connectivity index is 0.000000262. The minimum Gasteiger partial charge on any atom is -0.513 e. The molecular weight excluding hydrogens is 200 g/mol. The predicted octanol–water partition coefficient (Wildman–Crippen LogP) is 1.76. The molecule has 2 N–H and O–H groups in total. The molecular formula is C10H14O5. The first-order valence-electron chi connectivity index (χ1n) is 4.36. The highest BCUT2D eigenvalue weighted by molar-refractivity contribution is 5.74. The summed E-state index contributed by atoms with van der Waals surface area (Å²) in [4.78, 5) is 19.9. The lowest BCUT2D eigenvalue weighted by atomic mass is 10.4. The van der Waals surface area contributed by atoms with Crippen molar-refractivity contribution in [2.24, 2.45) is 0 Å². The lowest BCUT2D eigenvalue weighted by Gasteiger charge is -1.87. The van der Waals surface area contributed by atoms with E-state index in [4.69, 9.17) is 10.2 Å². The van der Waals surface area contributed by atoms with Gasteiger partial charge in [0, 0.05) is 0 Å². The fourth-order valence-corrected chi connectivity index (χ4v) is 0.725. The summed E-state index contributed by atoms with van der Waals surface area (Å²) in [6.07, 6.45) is 3.35. The molecule has 1 rings (SSSR count). The van der Waals surface area contributed by atoms with Crippen molar-refractivity contribution in [1.29, 1.82) is 0 Å². The summed E-state index contributed by atoms with van der Waals surface area (Å²) in [6.45, 7) is 3.20. The number of carbonyl (C=O) groups is 2. The molecule has 84 valence electrons. The Hall–Kier alpha value is -1.78. The zero-order valence-electron chi connectivity index (χ0n) is 8.69. The second kappa shape index (κ2) is 6.64. The van der Waals surface area contributed by atoms with Crippen LogP contribution in [0.1, 0.15) is 26.7 Å². The van der Waals surface area contributed by atoms with Crippen molar-refractivity contribution < 1.29 is 24.5 Å². The van der Waals surface area contributed by atoms with Crippen molar-refractivity contribution in [1.82, 2.24) is 0 Å². The van der Waals surface area contributed by atoms with E-state index in [1.165, 1.54) is 13.0 Å². The van der Waals surface area contributed by atoms with Crippen LogP contribution in [0.4, 0.5) is 0 Å². The largest absolute Gasteiger partial charge is 0.513 e. The number of carboxylic acids is 1. The Kier molecular flexibility index (Phi) is 5.85. The molecule has 0 atom stereocenters. The average Bonchev–Trinajstić information content (AvgIpc) is 2.47. The molecule has 5 heteroatoms. The molecule has 0 saturated heterocycles. The van der Waals surface area contributed by atoms with Crippen molar-refractivity contribution in [3.8, 4) is 0 Å². The van der Waals surface area contributed by atoms with E-state index < -0.39 is 5.97 Å². The maximum Gasteiger partial charge on any atom is 0.314 e. The fraction of sp³-hybridized carbons (Fsp3) is 0.400. The molecule has 0 saturated carbocycles. The molecule has 0 unspecified atom stereocenters. The Morgan fingerprint density at radius 1 is 1.60 bits per heavy atom. The van der Waals surface area contributed by atoms with Gasteiger partial charge in [0.2, 0.25) is 0 Å². The van der Waals surface area contributed by atoms with Gasteiger partial charge in [-0.25, -0.2) is 0 Å². The highest BCUT2D eigenvalue weighted by Crippen LogP contribution is 2.07. The number of aliphatic carboxylic acids is 1. The summed E-state index contributed by atoms with van der Waals surface area (Å²) in [5.41, 5.74) is 0. The lowest BCUT2D eigenvalue weighted by Crippen LogP contribution is -1.90. The van der Waals surface area contributed by atoms with Gasteiger partial charge in [-0.3, -0.25) is 9.59 Å². The van der Waals surface area contributed by atoms with Crippen molar-refractivity contribution in [3.63, 3.8) is 0 Å². The van der Waals surface area contributed by atoms with Gasteiger partial charge in [-0.05, 0) is 26.0 Å². The summed E-state index contributed by atoms with van der Waals surface area (Å²) in [5.74, 6) is -0.298. The number of hydrogen-bond acceptors (Lipinski definition) is 4. The second-order valence-corrected chi connectivity index (χ2v) is 2.94. The van der Waals surface area contributed by atoms with Crippen LogP contribution < -0.4 is 0 Å². The van der Waals surface area contributed by atoms with Gasteiger partial charge < -0.3 is 14.9 Å². The van der Waals surface area contributed by atoms with Gasteiger partial charge in [-0.2, -0.15) is 0 Å². The Morgan fingerprint density at radius 3 is 2.33 bits per heavy atom. The Morgan fingerprint density at radius 2 is 2.20 bits per heavy atom. The van der Waals surface area contributed by atoms with Crippen LogP contribution in [0.25, 0.3) is 0 Å². The summed E-state index contributed by atoms with van der Waals surface area (Å²) >= 11 is 0. The van der Waals surface area contributed by atoms with Crippen molar-refractivity contribution >= 4 is 11.9 Å². The number of hydrogen-bond donors (Lipinski definition) is 2.